The molecule has 0 bridgehead atoms. The number of allylic oxidation sites excluding steroid dienone is 2. The summed E-state index contributed by atoms with van der Waals surface area (Å²) in [5.41, 5.74) is 0.801. The monoisotopic (exact) mass is 388 g/mol. The molecule has 1 aromatic rings. The van der Waals surface area contributed by atoms with Gasteiger partial charge >= 0.3 is 5.97 Å². The van der Waals surface area contributed by atoms with Crippen LogP contribution in [0.2, 0.25) is 0 Å². The first-order chi connectivity index (χ1) is 13.5. The SMILES string of the molecule is CC(CO)NC(=O)CC1CC=CCCC(=O)OC(c2ccccc2)CNC1=O. The standard InChI is InChI=1S/C21H28N2O5/c1-15(14-24)23-19(25)12-17-10-6-3-7-11-20(26)28-18(13-22-21(17)27)16-8-4-2-5-9-16/h2-6,8-9,15,17-18,24H,7,10-14H2,1H3,(H,22,27)(H,23,25). The zero-order chi connectivity index (χ0) is 20.4. The largest absolute Gasteiger partial charge is 0.456 e. The number of carbonyl (C=O) groups is 3. The van der Waals surface area contributed by atoms with E-state index < -0.39 is 12.0 Å². The molecule has 0 fully saturated rings. The molecule has 0 aromatic heterocycles. The lowest BCUT2D eigenvalue weighted by atomic mass is 9.98. The molecule has 7 heteroatoms. The van der Waals surface area contributed by atoms with E-state index in [1.54, 1.807) is 6.92 Å². The highest BCUT2D eigenvalue weighted by molar-refractivity contribution is 5.86. The van der Waals surface area contributed by atoms with E-state index in [0.29, 0.717) is 12.8 Å². The van der Waals surface area contributed by atoms with Crippen LogP contribution in [-0.4, -0.2) is 42.1 Å². The van der Waals surface area contributed by atoms with E-state index in [9.17, 15) is 14.4 Å². The highest BCUT2D eigenvalue weighted by Crippen LogP contribution is 2.19. The summed E-state index contributed by atoms with van der Waals surface area (Å²) in [4.78, 5) is 36.9. The minimum absolute atomic E-state index is 0.0241. The number of aliphatic hydroxyl groups is 1. The third kappa shape index (κ3) is 7.15. The fourth-order valence-electron chi connectivity index (χ4n) is 2.92. The predicted octanol–water partition coefficient (Wildman–Crippen LogP) is 1.63. The van der Waals surface area contributed by atoms with Crippen LogP contribution in [0.4, 0.5) is 0 Å². The van der Waals surface area contributed by atoms with Gasteiger partial charge in [-0.1, -0.05) is 42.5 Å². The molecule has 2 rings (SSSR count). The topological polar surface area (TPSA) is 105 Å². The molecule has 0 radical (unpaired) electrons. The van der Waals surface area contributed by atoms with Gasteiger partial charge in [-0.25, -0.2) is 0 Å². The molecular formula is C21H28N2O5. The van der Waals surface area contributed by atoms with Crippen molar-refractivity contribution in [1.82, 2.24) is 10.6 Å². The summed E-state index contributed by atoms with van der Waals surface area (Å²) in [6.45, 7) is 1.67. The van der Waals surface area contributed by atoms with Gasteiger partial charge in [-0.2, -0.15) is 0 Å². The third-order valence-corrected chi connectivity index (χ3v) is 4.49. The lowest BCUT2D eigenvalue weighted by Gasteiger charge is -2.22. The van der Waals surface area contributed by atoms with Gasteiger partial charge in [0.05, 0.1) is 19.1 Å². The molecule has 3 atom stereocenters. The maximum atomic E-state index is 12.7. The molecule has 7 nitrogen and oxygen atoms in total. The maximum absolute atomic E-state index is 12.7. The van der Waals surface area contributed by atoms with Gasteiger partial charge in [0.15, 0.2) is 0 Å². The van der Waals surface area contributed by atoms with Gasteiger partial charge < -0.3 is 20.5 Å². The summed E-state index contributed by atoms with van der Waals surface area (Å²) >= 11 is 0. The van der Waals surface area contributed by atoms with Gasteiger partial charge in [-0.05, 0) is 25.3 Å². The van der Waals surface area contributed by atoms with Crippen molar-refractivity contribution < 1.29 is 24.2 Å². The van der Waals surface area contributed by atoms with Crippen molar-refractivity contribution in [3.05, 3.63) is 48.0 Å². The first-order valence-corrected chi connectivity index (χ1v) is 9.57. The van der Waals surface area contributed by atoms with E-state index in [2.05, 4.69) is 10.6 Å². The Hall–Kier alpha value is -2.67. The third-order valence-electron chi connectivity index (χ3n) is 4.49. The minimum atomic E-state index is -0.579. The van der Waals surface area contributed by atoms with Crippen LogP contribution in [0.3, 0.4) is 0 Å². The lowest BCUT2D eigenvalue weighted by Crippen LogP contribution is -2.40. The van der Waals surface area contributed by atoms with E-state index in [4.69, 9.17) is 9.84 Å². The molecule has 0 spiro atoms. The Balaban J connectivity index is 2.09. The maximum Gasteiger partial charge on any atom is 0.306 e. The molecule has 152 valence electrons. The van der Waals surface area contributed by atoms with E-state index in [1.807, 2.05) is 42.5 Å². The van der Waals surface area contributed by atoms with Gasteiger partial charge in [0.1, 0.15) is 6.10 Å². The molecule has 1 heterocycles. The fraction of sp³-hybridized carbons (Fsp3) is 0.476. The Kier molecular flexibility index (Phi) is 8.68. The second kappa shape index (κ2) is 11.2. The molecule has 3 N–H and O–H groups in total. The normalized spacial score (nSPS) is 22.2. The first kappa shape index (κ1) is 21.6. The summed E-state index contributed by atoms with van der Waals surface area (Å²) < 4.78 is 5.55. The van der Waals surface area contributed by atoms with Crippen LogP contribution in [0.15, 0.2) is 42.5 Å². The molecule has 0 saturated carbocycles. The van der Waals surface area contributed by atoms with E-state index in [1.165, 1.54) is 0 Å². The van der Waals surface area contributed by atoms with Crippen LogP contribution in [0.5, 0.6) is 0 Å². The van der Waals surface area contributed by atoms with Crippen LogP contribution < -0.4 is 10.6 Å². The van der Waals surface area contributed by atoms with Gasteiger partial charge in [-0.3, -0.25) is 14.4 Å². The van der Waals surface area contributed by atoms with Crippen molar-refractivity contribution in [1.29, 1.82) is 0 Å². The summed E-state index contributed by atoms with van der Waals surface area (Å²) in [6.07, 6.45) is 4.26. The Bertz CT molecular complexity index is 689. The quantitative estimate of drug-likeness (QED) is 0.525. The molecule has 1 aromatic carbocycles. The number of benzene rings is 1. The van der Waals surface area contributed by atoms with E-state index in [-0.39, 0.29) is 49.8 Å². The van der Waals surface area contributed by atoms with Crippen molar-refractivity contribution in [3.63, 3.8) is 0 Å². The van der Waals surface area contributed by atoms with Gasteiger partial charge in [0.25, 0.3) is 0 Å². The summed E-state index contributed by atoms with van der Waals surface area (Å²) in [5.74, 6) is -1.40. The number of ether oxygens (including phenoxy) is 1. The molecule has 2 amide bonds. The summed E-state index contributed by atoms with van der Waals surface area (Å²) in [5, 5.41) is 14.5. The highest BCUT2D eigenvalue weighted by atomic mass is 16.5. The molecule has 1 aliphatic rings. The number of cyclic esters (lactones) is 1. The van der Waals surface area contributed by atoms with Crippen molar-refractivity contribution in [2.75, 3.05) is 13.2 Å². The van der Waals surface area contributed by atoms with Gasteiger partial charge in [0, 0.05) is 18.9 Å². The Morgan fingerprint density at radius 2 is 2.04 bits per heavy atom. The number of hydrogen-bond acceptors (Lipinski definition) is 5. The van der Waals surface area contributed by atoms with Crippen LogP contribution in [0.1, 0.15) is 44.3 Å². The number of carbonyl (C=O) groups excluding carboxylic acids is 3. The lowest BCUT2D eigenvalue weighted by molar-refractivity contribution is -0.150. The minimum Gasteiger partial charge on any atom is -0.456 e. The molecule has 28 heavy (non-hydrogen) atoms. The Morgan fingerprint density at radius 1 is 1.29 bits per heavy atom. The molecule has 1 aliphatic heterocycles. The van der Waals surface area contributed by atoms with Gasteiger partial charge in [-0.15, -0.1) is 0 Å². The number of rotatable bonds is 5. The Labute approximate surface area is 165 Å². The number of hydrogen-bond donors (Lipinski definition) is 3. The number of amides is 2. The van der Waals surface area contributed by atoms with Crippen LogP contribution in [0, 0.1) is 5.92 Å². The summed E-state index contributed by atoms with van der Waals surface area (Å²) in [6, 6.07) is 8.89. The molecule has 0 aliphatic carbocycles. The average molecular weight is 388 g/mol. The Morgan fingerprint density at radius 3 is 2.75 bits per heavy atom. The first-order valence-electron chi connectivity index (χ1n) is 9.57. The molecule has 3 unspecified atom stereocenters. The second-order valence-corrected chi connectivity index (χ2v) is 6.93. The average Bonchev–Trinajstić information content (AvgIpc) is 2.69. The number of nitrogens with one attached hydrogen (secondary N) is 2. The van der Waals surface area contributed by atoms with Crippen LogP contribution >= 0.6 is 0 Å². The number of aliphatic hydroxyl groups excluding tert-OH is 1. The zero-order valence-electron chi connectivity index (χ0n) is 16.1. The van der Waals surface area contributed by atoms with Crippen molar-refractivity contribution in [2.45, 2.75) is 44.8 Å². The van der Waals surface area contributed by atoms with Crippen LogP contribution in [0.25, 0.3) is 0 Å². The zero-order valence-corrected chi connectivity index (χ0v) is 16.1. The second-order valence-electron chi connectivity index (χ2n) is 6.93. The van der Waals surface area contributed by atoms with E-state index in [0.717, 1.165) is 5.56 Å². The highest BCUT2D eigenvalue weighted by Gasteiger charge is 2.24. The smallest absolute Gasteiger partial charge is 0.306 e. The predicted molar refractivity (Wildman–Crippen MR) is 104 cm³/mol. The van der Waals surface area contributed by atoms with Crippen molar-refractivity contribution in [3.8, 4) is 0 Å². The molecule has 0 saturated heterocycles. The fourth-order valence-corrected chi connectivity index (χ4v) is 2.92. The van der Waals surface area contributed by atoms with Crippen molar-refractivity contribution >= 4 is 17.8 Å². The van der Waals surface area contributed by atoms with E-state index >= 15 is 0 Å². The molecular weight excluding hydrogens is 360 g/mol. The van der Waals surface area contributed by atoms with Crippen LogP contribution in [-0.2, 0) is 19.1 Å². The van der Waals surface area contributed by atoms with Gasteiger partial charge in [0.2, 0.25) is 11.8 Å². The number of esters is 1. The van der Waals surface area contributed by atoms with Crippen molar-refractivity contribution in [2.24, 2.45) is 5.92 Å². The summed E-state index contributed by atoms with van der Waals surface area (Å²) in [7, 11) is 0.